The summed E-state index contributed by atoms with van der Waals surface area (Å²) in [5, 5.41) is 0. The van der Waals surface area contributed by atoms with E-state index in [2.05, 4.69) is 25.0 Å². The summed E-state index contributed by atoms with van der Waals surface area (Å²) in [5.41, 5.74) is 0.0767. The summed E-state index contributed by atoms with van der Waals surface area (Å²) in [4.78, 5) is 7.31. The van der Waals surface area contributed by atoms with Gasteiger partial charge in [-0.25, -0.2) is 0 Å². The SMILES string of the molecule is CC1(C)C[C@@](C=NCc2ccco2)(CN2CCCC2)CCO1. The van der Waals surface area contributed by atoms with Crippen LogP contribution in [-0.2, 0) is 11.3 Å². The largest absolute Gasteiger partial charge is 0.467 e. The number of ether oxygens (including phenoxy) is 1. The van der Waals surface area contributed by atoms with Gasteiger partial charge in [-0.05, 0) is 64.8 Å². The predicted molar refractivity (Wildman–Crippen MR) is 88.3 cm³/mol. The molecule has 3 heterocycles. The molecule has 0 saturated carbocycles. The Morgan fingerprint density at radius 2 is 2.14 bits per heavy atom. The zero-order chi connectivity index (χ0) is 15.5. The molecule has 22 heavy (non-hydrogen) atoms. The van der Waals surface area contributed by atoms with Crippen molar-refractivity contribution in [3.8, 4) is 0 Å². The van der Waals surface area contributed by atoms with E-state index in [4.69, 9.17) is 14.1 Å². The van der Waals surface area contributed by atoms with Gasteiger partial charge in [0.15, 0.2) is 0 Å². The van der Waals surface area contributed by atoms with Crippen molar-refractivity contribution in [1.29, 1.82) is 0 Å². The molecule has 0 unspecified atom stereocenters. The lowest BCUT2D eigenvalue weighted by atomic mass is 9.74. The van der Waals surface area contributed by atoms with Crippen LogP contribution in [0.2, 0.25) is 0 Å². The number of hydrogen-bond donors (Lipinski definition) is 0. The van der Waals surface area contributed by atoms with E-state index in [1.807, 2.05) is 12.1 Å². The third kappa shape index (κ3) is 3.99. The highest BCUT2D eigenvalue weighted by atomic mass is 16.5. The third-order valence-corrected chi connectivity index (χ3v) is 4.80. The minimum atomic E-state index is -0.0608. The van der Waals surface area contributed by atoms with Crippen LogP contribution < -0.4 is 0 Å². The zero-order valence-electron chi connectivity index (χ0n) is 13.9. The number of nitrogens with zero attached hydrogens (tertiary/aromatic N) is 2. The highest BCUT2D eigenvalue weighted by molar-refractivity contribution is 5.66. The molecule has 1 aromatic rings. The van der Waals surface area contributed by atoms with Gasteiger partial charge in [-0.3, -0.25) is 4.99 Å². The number of furan rings is 1. The zero-order valence-corrected chi connectivity index (χ0v) is 13.9. The molecule has 2 aliphatic rings. The smallest absolute Gasteiger partial charge is 0.125 e. The molecule has 2 saturated heterocycles. The first-order valence-corrected chi connectivity index (χ1v) is 8.47. The second kappa shape index (κ2) is 6.55. The van der Waals surface area contributed by atoms with Crippen LogP contribution in [0.1, 0.15) is 45.3 Å². The molecular weight excluding hydrogens is 276 g/mol. The van der Waals surface area contributed by atoms with E-state index in [1.165, 1.54) is 25.9 Å². The van der Waals surface area contributed by atoms with Crippen molar-refractivity contribution in [3.05, 3.63) is 24.2 Å². The van der Waals surface area contributed by atoms with E-state index in [1.54, 1.807) is 6.26 Å². The van der Waals surface area contributed by atoms with E-state index in [0.717, 1.165) is 31.8 Å². The second-order valence-corrected chi connectivity index (χ2v) is 7.43. The normalized spacial score (nSPS) is 29.4. The van der Waals surface area contributed by atoms with Crippen molar-refractivity contribution in [2.24, 2.45) is 10.4 Å². The minimum absolute atomic E-state index is 0.0608. The Balaban J connectivity index is 1.71. The van der Waals surface area contributed by atoms with Gasteiger partial charge in [-0.15, -0.1) is 0 Å². The lowest BCUT2D eigenvalue weighted by Gasteiger charge is -2.44. The Morgan fingerprint density at radius 1 is 1.32 bits per heavy atom. The fraction of sp³-hybridized carbons (Fsp3) is 0.722. The third-order valence-electron chi connectivity index (χ3n) is 4.80. The molecule has 0 aliphatic carbocycles. The first-order valence-electron chi connectivity index (χ1n) is 8.47. The molecule has 0 N–H and O–H groups in total. The summed E-state index contributed by atoms with van der Waals surface area (Å²) in [6, 6.07) is 3.90. The molecule has 2 aliphatic heterocycles. The average molecular weight is 304 g/mol. The van der Waals surface area contributed by atoms with Crippen LogP contribution in [0.15, 0.2) is 27.8 Å². The number of rotatable bonds is 5. The van der Waals surface area contributed by atoms with Crippen LogP contribution in [-0.4, -0.2) is 43.0 Å². The lowest BCUT2D eigenvalue weighted by molar-refractivity contribution is -0.0897. The van der Waals surface area contributed by atoms with Gasteiger partial charge in [0.1, 0.15) is 5.76 Å². The molecule has 0 aromatic carbocycles. The molecule has 1 aromatic heterocycles. The highest BCUT2D eigenvalue weighted by Gasteiger charge is 2.41. The van der Waals surface area contributed by atoms with Crippen LogP contribution in [0, 0.1) is 5.41 Å². The predicted octanol–water partition coefficient (Wildman–Crippen LogP) is 3.52. The quantitative estimate of drug-likeness (QED) is 0.781. The van der Waals surface area contributed by atoms with Gasteiger partial charge >= 0.3 is 0 Å². The van der Waals surface area contributed by atoms with Crippen LogP contribution in [0.25, 0.3) is 0 Å². The summed E-state index contributed by atoms with van der Waals surface area (Å²) in [6.07, 6.45) is 8.69. The van der Waals surface area contributed by atoms with Gasteiger partial charge in [-0.2, -0.15) is 0 Å². The molecule has 122 valence electrons. The summed E-state index contributed by atoms with van der Waals surface area (Å²) < 4.78 is 11.3. The fourth-order valence-corrected chi connectivity index (χ4v) is 3.92. The fourth-order valence-electron chi connectivity index (χ4n) is 3.92. The highest BCUT2D eigenvalue weighted by Crippen LogP contribution is 2.39. The molecule has 4 heteroatoms. The van der Waals surface area contributed by atoms with Gasteiger partial charge in [0.2, 0.25) is 0 Å². The van der Waals surface area contributed by atoms with Crippen LogP contribution in [0.4, 0.5) is 0 Å². The molecule has 0 spiro atoms. The van der Waals surface area contributed by atoms with Crippen molar-refractivity contribution >= 4 is 6.21 Å². The van der Waals surface area contributed by atoms with Gasteiger partial charge in [0.05, 0.1) is 18.4 Å². The number of hydrogen-bond acceptors (Lipinski definition) is 4. The summed E-state index contributed by atoms with van der Waals surface area (Å²) in [5.74, 6) is 0.930. The Labute approximate surface area is 133 Å². The summed E-state index contributed by atoms with van der Waals surface area (Å²) in [6.45, 7) is 9.44. The van der Waals surface area contributed by atoms with Gasteiger partial charge in [0.25, 0.3) is 0 Å². The molecule has 0 amide bonds. The van der Waals surface area contributed by atoms with Gasteiger partial charge in [0, 0.05) is 24.8 Å². The Bertz CT molecular complexity index is 489. The van der Waals surface area contributed by atoms with Gasteiger partial charge < -0.3 is 14.1 Å². The summed E-state index contributed by atoms with van der Waals surface area (Å²) >= 11 is 0. The molecule has 2 fully saturated rings. The topological polar surface area (TPSA) is 38.0 Å². The Hall–Kier alpha value is -1.13. The Morgan fingerprint density at radius 3 is 2.82 bits per heavy atom. The molecule has 3 rings (SSSR count). The number of aliphatic imine (C=N–C) groups is 1. The van der Waals surface area contributed by atoms with Crippen molar-refractivity contribution in [2.45, 2.75) is 51.7 Å². The maximum Gasteiger partial charge on any atom is 0.125 e. The van der Waals surface area contributed by atoms with E-state index in [0.29, 0.717) is 6.54 Å². The first-order chi connectivity index (χ1) is 10.6. The van der Waals surface area contributed by atoms with E-state index in [-0.39, 0.29) is 11.0 Å². The van der Waals surface area contributed by atoms with Crippen molar-refractivity contribution < 1.29 is 9.15 Å². The van der Waals surface area contributed by atoms with Crippen molar-refractivity contribution in [1.82, 2.24) is 4.90 Å². The summed E-state index contributed by atoms with van der Waals surface area (Å²) in [7, 11) is 0. The van der Waals surface area contributed by atoms with Crippen LogP contribution >= 0.6 is 0 Å². The second-order valence-electron chi connectivity index (χ2n) is 7.43. The molecule has 0 radical (unpaired) electrons. The number of likely N-dealkylation sites (tertiary alicyclic amines) is 1. The van der Waals surface area contributed by atoms with Crippen molar-refractivity contribution in [3.63, 3.8) is 0 Å². The maximum atomic E-state index is 5.94. The Kier molecular flexibility index (Phi) is 4.69. The van der Waals surface area contributed by atoms with E-state index < -0.39 is 0 Å². The average Bonchev–Trinajstić information content (AvgIpc) is 3.11. The maximum absolute atomic E-state index is 5.94. The first kappa shape index (κ1) is 15.8. The van der Waals surface area contributed by atoms with Gasteiger partial charge in [-0.1, -0.05) is 0 Å². The van der Waals surface area contributed by atoms with E-state index >= 15 is 0 Å². The standard InChI is InChI=1S/C18H28N2O2/c1-17(2)13-18(7-11-22-17,15-20-8-3-4-9-20)14-19-12-16-6-5-10-21-16/h5-6,10,14H,3-4,7-9,11-13,15H2,1-2H3/t18-/m0/s1. The minimum Gasteiger partial charge on any atom is -0.467 e. The lowest BCUT2D eigenvalue weighted by Crippen LogP contribution is -2.48. The van der Waals surface area contributed by atoms with E-state index in [9.17, 15) is 0 Å². The molecule has 4 nitrogen and oxygen atoms in total. The van der Waals surface area contributed by atoms with Crippen LogP contribution in [0.3, 0.4) is 0 Å². The van der Waals surface area contributed by atoms with Crippen molar-refractivity contribution in [2.75, 3.05) is 26.2 Å². The molecule has 1 atom stereocenters. The molecule has 0 bridgehead atoms. The van der Waals surface area contributed by atoms with Crippen LogP contribution in [0.5, 0.6) is 0 Å². The monoisotopic (exact) mass is 304 g/mol. The molecular formula is C18H28N2O2.